The first-order valence-electron chi connectivity index (χ1n) is 8.77. The molecule has 0 radical (unpaired) electrons. The zero-order valence-corrected chi connectivity index (χ0v) is 14.9. The number of H-pyrrole nitrogens is 1. The van der Waals surface area contributed by atoms with Gasteiger partial charge in [0, 0.05) is 29.3 Å². The highest BCUT2D eigenvalue weighted by molar-refractivity contribution is 5.89. The van der Waals surface area contributed by atoms with Crippen LogP contribution in [-0.2, 0) is 0 Å². The SMILES string of the molecule is CCC(CC(C)C#N)C(CC#N)n1cc(-c2ncnc3[nH]ccc23)cn1. The van der Waals surface area contributed by atoms with Gasteiger partial charge in [-0.1, -0.05) is 13.3 Å². The summed E-state index contributed by atoms with van der Waals surface area (Å²) in [5.41, 5.74) is 2.49. The number of aromatic nitrogens is 5. The molecule has 3 rings (SSSR count). The fourth-order valence-corrected chi connectivity index (χ4v) is 3.42. The van der Waals surface area contributed by atoms with Gasteiger partial charge in [0.25, 0.3) is 0 Å². The predicted molar refractivity (Wildman–Crippen MR) is 97.6 cm³/mol. The molecule has 7 heteroatoms. The van der Waals surface area contributed by atoms with Gasteiger partial charge in [0.15, 0.2) is 0 Å². The molecule has 3 heterocycles. The molecule has 0 aliphatic rings. The standard InChI is InChI=1S/C19H21N7/c1-3-14(8-13(2)9-21)17(4-6-20)26-11-15(10-25-26)18-16-5-7-22-19(16)24-12-23-18/h5,7,10-14,17H,3-4,8H2,1-2H3,(H,22,23,24). The van der Waals surface area contributed by atoms with Gasteiger partial charge in [-0.2, -0.15) is 15.6 Å². The van der Waals surface area contributed by atoms with Crippen LogP contribution in [0.5, 0.6) is 0 Å². The summed E-state index contributed by atoms with van der Waals surface area (Å²) >= 11 is 0. The first-order chi connectivity index (χ1) is 12.7. The van der Waals surface area contributed by atoms with E-state index in [1.165, 1.54) is 6.33 Å². The number of fused-ring (bicyclic) bond motifs is 1. The zero-order valence-electron chi connectivity index (χ0n) is 14.9. The summed E-state index contributed by atoms with van der Waals surface area (Å²) in [6.07, 6.45) is 9.09. The number of nitrogens with zero attached hydrogens (tertiary/aromatic N) is 6. The number of hydrogen-bond donors (Lipinski definition) is 1. The fraction of sp³-hybridized carbons (Fsp3) is 0.421. The van der Waals surface area contributed by atoms with Crippen molar-refractivity contribution in [1.29, 1.82) is 10.5 Å². The number of nitrogens with one attached hydrogen (secondary N) is 1. The zero-order chi connectivity index (χ0) is 18.5. The van der Waals surface area contributed by atoms with Crippen molar-refractivity contribution in [1.82, 2.24) is 24.7 Å². The van der Waals surface area contributed by atoms with Crippen molar-refractivity contribution >= 4 is 11.0 Å². The van der Waals surface area contributed by atoms with Gasteiger partial charge >= 0.3 is 0 Å². The molecular formula is C19H21N7. The Morgan fingerprint density at radius 2 is 2.15 bits per heavy atom. The van der Waals surface area contributed by atoms with Gasteiger partial charge in [0.05, 0.1) is 36.5 Å². The fourth-order valence-electron chi connectivity index (χ4n) is 3.42. The third-order valence-electron chi connectivity index (χ3n) is 4.81. The molecule has 26 heavy (non-hydrogen) atoms. The van der Waals surface area contributed by atoms with Crippen molar-refractivity contribution in [2.24, 2.45) is 11.8 Å². The van der Waals surface area contributed by atoms with Crippen molar-refractivity contribution in [3.63, 3.8) is 0 Å². The maximum Gasteiger partial charge on any atom is 0.141 e. The lowest BCUT2D eigenvalue weighted by molar-refractivity contribution is 0.268. The average Bonchev–Trinajstić information content (AvgIpc) is 3.33. The highest BCUT2D eigenvalue weighted by Crippen LogP contribution is 2.32. The number of nitriles is 2. The van der Waals surface area contributed by atoms with E-state index in [4.69, 9.17) is 5.26 Å². The van der Waals surface area contributed by atoms with Gasteiger partial charge in [0.2, 0.25) is 0 Å². The van der Waals surface area contributed by atoms with Crippen molar-refractivity contribution in [3.05, 3.63) is 31.0 Å². The maximum atomic E-state index is 9.29. The lowest BCUT2D eigenvalue weighted by atomic mass is 9.87. The van der Waals surface area contributed by atoms with E-state index in [0.29, 0.717) is 6.42 Å². The van der Waals surface area contributed by atoms with Crippen LogP contribution in [0.3, 0.4) is 0 Å². The summed E-state index contributed by atoms with van der Waals surface area (Å²) in [7, 11) is 0. The van der Waals surface area contributed by atoms with Crippen LogP contribution in [0.2, 0.25) is 0 Å². The number of aromatic amines is 1. The second kappa shape index (κ2) is 7.79. The molecule has 0 fully saturated rings. The van der Waals surface area contributed by atoms with Gasteiger partial charge in [-0.3, -0.25) is 4.68 Å². The Morgan fingerprint density at radius 1 is 1.31 bits per heavy atom. The summed E-state index contributed by atoms with van der Waals surface area (Å²) in [4.78, 5) is 11.7. The van der Waals surface area contributed by atoms with Gasteiger partial charge in [-0.25, -0.2) is 9.97 Å². The van der Waals surface area contributed by atoms with E-state index in [0.717, 1.165) is 35.1 Å². The highest BCUT2D eigenvalue weighted by atomic mass is 15.3. The van der Waals surface area contributed by atoms with E-state index in [2.05, 4.69) is 39.1 Å². The maximum absolute atomic E-state index is 9.29. The monoisotopic (exact) mass is 347 g/mol. The lowest BCUT2D eigenvalue weighted by Gasteiger charge is -2.25. The van der Waals surface area contributed by atoms with Crippen LogP contribution < -0.4 is 0 Å². The summed E-state index contributed by atoms with van der Waals surface area (Å²) < 4.78 is 1.86. The first-order valence-corrected chi connectivity index (χ1v) is 8.77. The van der Waals surface area contributed by atoms with Crippen LogP contribution in [0.1, 0.15) is 39.2 Å². The molecule has 0 saturated heterocycles. The normalized spacial score (nSPS) is 14.5. The van der Waals surface area contributed by atoms with E-state index in [-0.39, 0.29) is 17.9 Å². The van der Waals surface area contributed by atoms with Crippen LogP contribution >= 0.6 is 0 Å². The minimum Gasteiger partial charge on any atom is -0.346 e. The van der Waals surface area contributed by atoms with Crippen LogP contribution in [0.25, 0.3) is 22.3 Å². The average molecular weight is 347 g/mol. The molecule has 0 aromatic carbocycles. The van der Waals surface area contributed by atoms with E-state index in [9.17, 15) is 5.26 Å². The Bertz CT molecular complexity index is 956. The van der Waals surface area contributed by atoms with Crippen LogP contribution in [0, 0.1) is 34.5 Å². The smallest absolute Gasteiger partial charge is 0.141 e. The summed E-state index contributed by atoms with van der Waals surface area (Å²) in [6, 6.07) is 6.45. The minimum absolute atomic E-state index is 0.0440. The molecule has 1 N–H and O–H groups in total. The predicted octanol–water partition coefficient (Wildman–Crippen LogP) is 3.85. The molecule has 0 spiro atoms. The molecule has 7 nitrogen and oxygen atoms in total. The Morgan fingerprint density at radius 3 is 2.88 bits per heavy atom. The van der Waals surface area contributed by atoms with Crippen molar-refractivity contribution in [2.45, 2.75) is 39.2 Å². The lowest BCUT2D eigenvalue weighted by Crippen LogP contribution is -2.21. The molecule has 0 aliphatic carbocycles. The van der Waals surface area contributed by atoms with E-state index >= 15 is 0 Å². The minimum atomic E-state index is -0.0573. The molecule has 3 aromatic heterocycles. The number of hydrogen-bond acceptors (Lipinski definition) is 5. The summed E-state index contributed by atoms with van der Waals surface area (Å²) in [5.74, 6) is 0.173. The quantitative estimate of drug-likeness (QED) is 0.698. The van der Waals surface area contributed by atoms with Crippen molar-refractivity contribution < 1.29 is 0 Å². The Hall–Kier alpha value is -3.19. The van der Waals surface area contributed by atoms with E-state index in [1.807, 2.05) is 30.1 Å². The molecule has 3 atom stereocenters. The molecule has 0 aliphatic heterocycles. The van der Waals surface area contributed by atoms with Gasteiger partial charge in [-0.05, 0) is 25.3 Å². The van der Waals surface area contributed by atoms with Crippen molar-refractivity contribution in [3.8, 4) is 23.4 Å². The Kier molecular flexibility index (Phi) is 5.28. The van der Waals surface area contributed by atoms with Gasteiger partial charge in [-0.15, -0.1) is 0 Å². The van der Waals surface area contributed by atoms with Gasteiger partial charge in [0.1, 0.15) is 12.0 Å². The van der Waals surface area contributed by atoms with E-state index in [1.54, 1.807) is 6.20 Å². The topological polar surface area (TPSA) is 107 Å². The van der Waals surface area contributed by atoms with Crippen LogP contribution in [0.4, 0.5) is 0 Å². The second-order valence-corrected chi connectivity index (χ2v) is 6.54. The molecule has 3 unspecified atom stereocenters. The Labute approximate surface area is 152 Å². The summed E-state index contributed by atoms with van der Waals surface area (Å²) in [5, 5.41) is 23.9. The van der Waals surface area contributed by atoms with Crippen LogP contribution in [0.15, 0.2) is 31.0 Å². The number of rotatable bonds is 7. The molecule has 0 saturated carbocycles. The first kappa shape index (κ1) is 17.6. The molecule has 3 aromatic rings. The van der Waals surface area contributed by atoms with E-state index < -0.39 is 0 Å². The highest BCUT2D eigenvalue weighted by Gasteiger charge is 2.25. The van der Waals surface area contributed by atoms with Gasteiger partial charge < -0.3 is 4.98 Å². The Balaban J connectivity index is 1.94. The second-order valence-electron chi connectivity index (χ2n) is 6.54. The molecular weight excluding hydrogens is 326 g/mol. The third-order valence-corrected chi connectivity index (χ3v) is 4.81. The molecule has 132 valence electrons. The molecule has 0 bridgehead atoms. The largest absolute Gasteiger partial charge is 0.346 e. The van der Waals surface area contributed by atoms with Crippen molar-refractivity contribution in [2.75, 3.05) is 0 Å². The summed E-state index contributed by atoms with van der Waals surface area (Å²) in [6.45, 7) is 4.02. The third kappa shape index (κ3) is 3.43. The molecule has 0 amide bonds. The van der Waals surface area contributed by atoms with Crippen LogP contribution in [-0.4, -0.2) is 24.7 Å².